The van der Waals surface area contributed by atoms with Gasteiger partial charge in [0.15, 0.2) is 0 Å². The fourth-order valence-corrected chi connectivity index (χ4v) is 2.92. The summed E-state index contributed by atoms with van der Waals surface area (Å²) in [6, 6.07) is 15.5. The van der Waals surface area contributed by atoms with Crippen molar-refractivity contribution in [2.45, 2.75) is 6.92 Å². The number of aromatic nitrogens is 3. The number of pyridine rings is 3. The van der Waals surface area contributed by atoms with Gasteiger partial charge in [0.1, 0.15) is 12.0 Å². The van der Waals surface area contributed by atoms with E-state index in [4.69, 9.17) is 0 Å². The lowest BCUT2D eigenvalue weighted by Gasteiger charge is -2.10. The van der Waals surface area contributed by atoms with Crippen LogP contribution in [0.15, 0.2) is 67.0 Å². The highest BCUT2D eigenvalue weighted by molar-refractivity contribution is 6.12. The first-order chi connectivity index (χ1) is 14.0. The number of fused-ring (bicyclic) bond motifs is 1. The van der Waals surface area contributed by atoms with Crippen molar-refractivity contribution in [3.05, 3.63) is 88.2 Å². The number of hydrogen-bond acceptors (Lipinski definition) is 6. The molecule has 0 atom stereocenters. The van der Waals surface area contributed by atoms with Crippen LogP contribution in [0.1, 0.15) is 15.9 Å². The van der Waals surface area contributed by atoms with Gasteiger partial charge in [0, 0.05) is 17.6 Å². The number of hydrogen-bond donors (Lipinski definition) is 1. The second-order valence-corrected chi connectivity index (χ2v) is 6.40. The van der Waals surface area contributed by atoms with Crippen molar-refractivity contribution in [2.24, 2.45) is 0 Å². The molecule has 3 aromatic heterocycles. The average molecular weight is 385 g/mol. The molecule has 8 heteroatoms. The molecule has 1 aromatic carbocycles. The number of carbonyl (C=O) groups excluding carboxylic acids is 1. The number of amides is 1. The molecule has 0 saturated carbocycles. The first-order valence-electron chi connectivity index (χ1n) is 8.76. The molecule has 0 fully saturated rings. The van der Waals surface area contributed by atoms with Gasteiger partial charge in [0.2, 0.25) is 0 Å². The molecule has 4 rings (SSSR count). The monoisotopic (exact) mass is 385 g/mol. The molecule has 1 amide bonds. The van der Waals surface area contributed by atoms with E-state index in [0.29, 0.717) is 27.9 Å². The zero-order chi connectivity index (χ0) is 20.4. The lowest BCUT2D eigenvalue weighted by Crippen LogP contribution is -2.14. The molecule has 4 aromatic rings. The first-order valence-corrected chi connectivity index (χ1v) is 8.76. The van der Waals surface area contributed by atoms with Gasteiger partial charge in [-0.1, -0.05) is 17.7 Å². The molecule has 3 heterocycles. The summed E-state index contributed by atoms with van der Waals surface area (Å²) >= 11 is 0. The van der Waals surface area contributed by atoms with Crippen molar-refractivity contribution in [1.29, 1.82) is 0 Å². The molecular formula is C21H15N5O3. The van der Waals surface area contributed by atoms with E-state index in [1.807, 2.05) is 43.3 Å². The third-order valence-electron chi connectivity index (χ3n) is 4.34. The van der Waals surface area contributed by atoms with Crippen LogP contribution in [-0.2, 0) is 0 Å². The summed E-state index contributed by atoms with van der Waals surface area (Å²) in [6.07, 6.45) is 2.76. The molecule has 0 aliphatic carbocycles. The lowest BCUT2D eigenvalue weighted by molar-refractivity contribution is -0.385. The minimum absolute atomic E-state index is 0.148. The zero-order valence-electron chi connectivity index (χ0n) is 15.4. The van der Waals surface area contributed by atoms with E-state index >= 15 is 0 Å². The van der Waals surface area contributed by atoms with Gasteiger partial charge in [0.05, 0.1) is 27.4 Å². The van der Waals surface area contributed by atoms with Crippen LogP contribution in [0.4, 0.5) is 11.5 Å². The van der Waals surface area contributed by atoms with Crippen LogP contribution in [0.3, 0.4) is 0 Å². The summed E-state index contributed by atoms with van der Waals surface area (Å²) in [5.41, 5.74) is 3.15. The van der Waals surface area contributed by atoms with E-state index < -0.39 is 4.92 Å². The summed E-state index contributed by atoms with van der Waals surface area (Å²) in [4.78, 5) is 36.1. The van der Waals surface area contributed by atoms with Gasteiger partial charge in [-0.15, -0.1) is 0 Å². The number of nitro groups is 1. The van der Waals surface area contributed by atoms with E-state index in [1.54, 1.807) is 12.3 Å². The Hall–Kier alpha value is -4.20. The van der Waals surface area contributed by atoms with Gasteiger partial charge in [-0.05, 0) is 43.3 Å². The first kappa shape index (κ1) is 18.2. The predicted octanol–water partition coefficient (Wildman–Crippen LogP) is 4.16. The fourth-order valence-electron chi connectivity index (χ4n) is 2.92. The molecule has 0 unspecified atom stereocenters. The number of nitrogens with zero attached hydrogens (tertiary/aromatic N) is 4. The highest BCUT2D eigenvalue weighted by atomic mass is 16.6. The Morgan fingerprint density at radius 2 is 1.90 bits per heavy atom. The zero-order valence-corrected chi connectivity index (χ0v) is 15.4. The number of anilines is 1. The molecule has 0 bridgehead atoms. The topological polar surface area (TPSA) is 111 Å². The SMILES string of the molecule is Cc1ccc2nc(-c3ccccn3)cc(C(=O)Nc3ccc([N+](=O)[O-])cn3)c2c1. The summed E-state index contributed by atoms with van der Waals surface area (Å²) in [5.74, 6) is -0.167. The number of carbonyl (C=O) groups is 1. The summed E-state index contributed by atoms with van der Waals surface area (Å²) < 4.78 is 0. The maximum atomic E-state index is 13.0. The molecule has 29 heavy (non-hydrogen) atoms. The second kappa shape index (κ2) is 7.43. The Morgan fingerprint density at radius 1 is 1.03 bits per heavy atom. The van der Waals surface area contributed by atoms with Crippen LogP contribution in [0, 0.1) is 17.0 Å². The fraction of sp³-hybridized carbons (Fsp3) is 0.0476. The van der Waals surface area contributed by atoms with Crippen molar-refractivity contribution in [2.75, 3.05) is 5.32 Å². The quantitative estimate of drug-likeness (QED) is 0.417. The van der Waals surface area contributed by atoms with E-state index in [0.717, 1.165) is 11.8 Å². The average Bonchev–Trinajstić information content (AvgIpc) is 2.74. The van der Waals surface area contributed by atoms with Crippen molar-refractivity contribution in [3.8, 4) is 11.4 Å². The molecule has 0 aliphatic heterocycles. The molecule has 142 valence electrons. The highest BCUT2D eigenvalue weighted by Crippen LogP contribution is 2.25. The predicted molar refractivity (Wildman–Crippen MR) is 109 cm³/mol. The van der Waals surface area contributed by atoms with E-state index in [9.17, 15) is 14.9 Å². The van der Waals surface area contributed by atoms with Crippen LogP contribution in [0.25, 0.3) is 22.3 Å². The lowest BCUT2D eigenvalue weighted by atomic mass is 10.0. The van der Waals surface area contributed by atoms with E-state index in [2.05, 4.69) is 20.3 Å². The van der Waals surface area contributed by atoms with Crippen LogP contribution in [0.5, 0.6) is 0 Å². The minimum atomic E-state index is -0.545. The molecule has 8 nitrogen and oxygen atoms in total. The largest absolute Gasteiger partial charge is 0.307 e. The number of rotatable bonds is 4. The van der Waals surface area contributed by atoms with Crippen LogP contribution < -0.4 is 5.32 Å². The standard InChI is InChI=1S/C21H15N5O3/c1-13-5-7-17-15(10-13)16(11-19(24-17)18-4-2-3-9-22-18)21(27)25-20-8-6-14(12-23-20)26(28)29/h2-12H,1H3,(H,23,25,27). The number of benzene rings is 1. The Kier molecular flexibility index (Phi) is 4.66. The normalized spacial score (nSPS) is 10.7. The van der Waals surface area contributed by atoms with Gasteiger partial charge in [0.25, 0.3) is 11.6 Å². The summed E-state index contributed by atoms with van der Waals surface area (Å²) in [5, 5.41) is 14.2. The summed E-state index contributed by atoms with van der Waals surface area (Å²) in [7, 11) is 0. The van der Waals surface area contributed by atoms with Gasteiger partial charge in [-0.2, -0.15) is 0 Å². The van der Waals surface area contributed by atoms with E-state index in [1.165, 1.54) is 12.1 Å². The van der Waals surface area contributed by atoms with Gasteiger partial charge in [-0.3, -0.25) is 19.9 Å². The molecule has 0 aliphatic rings. The van der Waals surface area contributed by atoms with Crippen molar-refractivity contribution in [1.82, 2.24) is 15.0 Å². The Labute approximate surface area is 165 Å². The molecule has 0 spiro atoms. The van der Waals surface area contributed by atoms with Crippen LogP contribution in [0.2, 0.25) is 0 Å². The van der Waals surface area contributed by atoms with Crippen molar-refractivity contribution < 1.29 is 9.72 Å². The summed E-state index contributed by atoms with van der Waals surface area (Å²) in [6.45, 7) is 1.94. The van der Waals surface area contributed by atoms with Gasteiger partial charge >= 0.3 is 0 Å². The molecule has 1 N–H and O–H groups in total. The molecule has 0 saturated heterocycles. The Morgan fingerprint density at radius 3 is 2.59 bits per heavy atom. The molecule has 0 radical (unpaired) electrons. The maximum absolute atomic E-state index is 13.0. The smallest absolute Gasteiger partial charge is 0.287 e. The van der Waals surface area contributed by atoms with Crippen LogP contribution in [-0.4, -0.2) is 25.8 Å². The third-order valence-corrected chi connectivity index (χ3v) is 4.34. The number of nitrogens with one attached hydrogen (secondary N) is 1. The minimum Gasteiger partial charge on any atom is -0.307 e. The number of aryl methyl sites for hydroxylation is 1. The maximum Gasteiger partial charge on any atom is 0.287 e. The second-order valence-electron chi connectivity index (χ2n) is 6.40. The highest BCUT2D eigenvalue weighted by Gasteiger charge is 2.16. The Balaban J connectivity index is 1.77. The third kappa shape index (κ3) is 3.77. The molecular weight excluding hydrogens is 370 g/mol. The Bertz CT molecular complexity index is 1220. The van der Waals surface area contributed by atoms with Crippen molar-refractivity contribution >= 4 is 28.3 Å². The van der Waals surface area contributed by atoms with Crippen LogP contribution >= 0.6 is 0 Å². The van der Waals surface area contributed by atoms with Gasteiger partial charge in [-0.25, -0.2) is 9.97 Å². The van der Waals surface area contributed by atoms with E-state index in [-0.39, 0.29) is 17.4 Å². The van der Waals surface area contributed by atoms with Crippen molar-refractivity contribution in [3.63, 3.8) is 0 Å². The van der Waals surface area contributed by atoms with Gasteiger partial charge < -0.3 is 5.32 Å².